The van der Waals surface area contributed by atoms with E-state index in [-0.39, 0.29) is 30.0 Å². The van der Waals surface area contributed by atoms with Crippen molar-refractivity contribution in [3.8, 4) is 0 Å². The molecule has 26 heavy (non-hydrogen) atoms. The Hall–Kier alpha value is -0.760. The van der Waals surface area contributed by atoms with Crippen molar-refractivity contribution in [1.29, 1.82) is 0 Å². The van der Waals surface area contributed by atoms with Gasteiger partial charge in [0.2, 0.25) is 5.91 Å². The molecule has 1 aliphatic carbocycles. The molecule has 0 aromatic rings. The SMILES string of the molecule is CC1CCC(F)C2CC(C(=O)N[C@H]3COC[C@H](C4CNCNC4)C3)NC12. The zero-order chi connectivity index (χ0) is 18.1. The van der Waals surface area contributed by atoms with Gasteiger partial charge in [0.25, 0.3) is 0 Å². The Balaban J connectivity index is 1.30. The van der Waals surface area contributed by atoms with Crippen LogP contribution in [0.4, 0.5) is 4.39 Å². The third-order valence-electron chi connectivity index (χ3n) is 6.97. The number of nitrogens with one attached hydrogen (secondary N) is 4. The van der Waals surface area contributed by atoms with Gasteiger partial charge in [0.1, 0.15) is 6.17 Å². The number of amides is 1. The van der Waals surface area contributed by atoms with Gasteiger partial charge in [-0.3, -0.25) is 4.79 Å². The number of fused-ring (bicyclic) bond motifs is 1. The van der Waals surface area contributed by atoms with Crippen LogP contribution >= 0.6 is 0 Å². The highest BCUT2D eigenvalue weighted by atomic mass is 19.1. The van der Waals surface area contributed by atoms with Crippen LogP contribution in [-0.4, -0.2) is 63.2 Å². The summed E-state index contributed by atoms with van der Waals surface area (Å²) >= 11 is 0. The molecule has 0 bridgehead atoms. The van der Waals surface area contributed by atoms with Gasteiger partial charge in [-0.05, 0) is 43.4 Å². The molecule has 0 spiro atoms. The van der Waals surface area contributed by atoms with E-state index in [9.17, 15) is 9.18 Å². The number of ether oxygens (including phenoxy) is 1. The lowest BCUT2D eigenvalue weighted by molar-refractivity contribution is -0.125. The van der Waals surface area contributed by atoms with Crippen LogP contribution in [-0.2, 0) is 9.53 Å². The zero-order valence-electron chi connectivity index (χ0n) is 15.7. The lowest BCUT2D eigenvalue weighted by Gasteiger charge is -2.37. The largest absolute Gasteiger partial charge is 0.379 e. The standard InChI is InChI=1S/C19H33FN4O2/c1-11-2-3-16(20)15-5-17(24-18(11)15)19(25)23-14-4-12(8-26-9-14)13-6-21-10-22-7-13/h11-18,21-22,24H,2-10H2,1H3,(H,23,25)/t11?,12-,14-,15?,16?,17?,18?/m1/s1. The number of halogens is 1. The molecule has 3 aliphatic heterocycles. The summed E-state index contributed by atoms with van der Waals surface area (Å²) in [5.41, 5.74) is 0. The van der Waals surface area contributed by atoms with Gasteiger partial charge < -0.3 is 26.0 Å². The molecule has 4 N–H and O–H groups in total. The molecule has 148 valence electrons. The molecular weight excluding hydrogens is 335 g/mol. The fourth-order valence-corrected chi connectivity index (χ4v) is 5.40. The molecule has 0 aromatic carbocycles. The molecule has 5 unspecified atom stereocenters. The van der Waals surface area contributed by atoms with Crippen LogP contribution < -0.4 is 21.3 Å². The van der Waals surface area contributed by atoms with Crippen molar-refractivity contribution in [3.05, 3.63) is 0 Å². The van der Waals surface area contributed by atoms with E-state index >= 15 is 0 Å². The molecule has 3 heterocycles. The quantitative estimate of drug-likeness (QED) is 0.580. The van der Waals surface area contributed by atoms with E-state index < -0.39 is 6.17 Å². The van der Waals surface area contributed by atoms with Crippen LogP contribution in [0, 0.1) is 23.7 Å². The maximum Gasteiger partial charge on any atom is 0.237 e. The number of hydrogen-bond acceptors (Lipinski definition) is 5. The molecule has 4 fully saturated rings. The lowest BCUT2D eigenvalue weighted by Crippen LogP contribution is -2.53. The summed E-state index contributed by atoms with van der Waals surface area (Å²) in [7, 11) is 0. The van der Waals surface area contributed by atoms with Gasteiger partial charge >= 0.3 is 0 Å². The van der Waals surface area contributed by atoms with E-state index in [1.165, 1.54) is 0 Å². The van der Waals surface area contributed by atoms with Gasteiger partial charge in [-0.15, -0.1) is 0 Å². The second-order valence-corrected chi connectivity index (χ2v) is 8.80. The molecule has 7 heteroatoms. The number of hydrogen-bond donors (Lipinski definition) is 4. The average Bonchev–Trinajstić information content (AvgIpc) is 3.13. The Bertz CT molecular complexity index is 484. The van der Waals surface area contributed by atoms with E-state index in [1.54, 1.807) is 0 Å². The van der Waals surface area contributed by atoms with E-state index in [0.29, 0.717) is 37.2 Å². The van der Waals surface area contributed by atoms with E-state index in [2.05, 4.69) is 28.2 Å². The molecule has 0 radical (unpaired) electrons. The second kappa shape index (κ2) is 8.09. The summed E-state index contributed by atoms with van der Waals surface area (Å²) in [6.07, 6.45) is 2.36. The number of carbonyl (C=O) groups excluding carboxylic acids is 1. The monoisotopic (exact) mass is 368 g/mol. The topological polar surface area (TPSA) is 74.4 Å². The summed E-state index contributed by atoms with van der Waals surface area (Å²) in [6.45, 7) is 6.40. The lowest BCUT2D eigenvalue weighted by atomic mass is 9.77. The minimum absolute atomic E-state index is 0.00996. The predicted octanol–water partition coefficient (Wildman–Crippen LogP) is 0.389. The Morgan fingerprint density at radius 3 is 2.69 bits per heavy atom. The molecule has 3 saturated heterocycles. The molecule has 4 rings (SSSR count). The Labute approximate surface area is 155 Å². The van der Waals surface area contributed by atoms with Crippen molar-refractivity contribution < 1.29 is 13.9 Å². The summed E-state index contributed by atoms with van der Waals surface area (Å²) in [6, 6.07) is -0.0577. The van der Waals surface area contributed by atoms with E-state index in [4.69, 9.17) is 4.74 Å². The molecular formula is C19H33FN4O2. The molecule has 0 aromatic heterocycles. The minimum atomic E-state index is -0.768. The average molecular weight is 368 g/mol. The van der Waals surface area contributed by atoms with Gasteiger partial charge in [0, 0.05) is 38.3 Å². The first kappa shape index (κ1) is 18.6. The van der Waals surface area contributed by atoms with E-state index in [1.807, 2.05) is 0 Å². The molecule has 1 amide bonds. The van der Waals surface area contributed by atoms with Crippen molar-refractivity contribution in [2.75, 3.05) is 33.0 Å². The van der Waals surface area contributed by atoms with Gasteiger partial charge in [0.15, 0.2) is 0 Å². The van der Waals surface area contributed by atoms with Gasteiger partial charge in [-0.2, -0.15) is 0 Å². The minimum Gasteiger partial charge on any atom is -0.379 e. The molecule has 1 saturated carbocycles. The van der Waals surface area contributed by atoms with Gasteiger partial charge in [-0.25, -0.2) is 4.39 Å². The molecule has 7 atom stereocenters. The maximum atomic E-state index is 14.3. The summed E-state index contributed by atoms with van der Waals surface area (Å²) in [5.74, 6) is 1.46. The Morgan fingerprint density at radius 1 is 1.12 bits per heavy atom. The van der Waals surface area contributed by atoms with Crippen molar-refractivity contribution in [1.82, 2.24) is 21.3 Å². The number of rotatable bonds is 3. The fraction of sp³-hybridized carbons (Fsp3) is 0.947. The first-order valence-corrected chi connectivity index (χ1v) is 10.3. The highest BCUT2D eigenvalue weighted by molar-refractivity contribution is 5.82. The summed E-state index contributed by atoms with van der Waals surface area (Å²) in [5, 5.41) is 13.3. The van der Waals surface area contributed by atoms with Crippen LogP contribution in [0.1, 0.15) is 32.6 Å². The van der Waals surface area contributed by atoms with Gasteiger partial charge in [0.05, 0.1) is 18.7 Å². The van der Waals surface area contributed by atoms with Crippen LogP contribution in [0.25, 0.3) is 0 Å². The van der Waals surface area contributed by atoms with Crippen molar-refractivity contribution in [2.45, 2.75) is 56.9 Å². The fourth-order valence-electron chi connectivity index (χ4n) is 5.40. The molecule has 6 nitrogen and oxygen atoms in total. The highest BCUT2D eigenvalue weighted by Crippen LogP contribution is 2.38. The smallest absolute Gasteiger partial charge is 0.237 e. The van der Waals surface area contributed by atoms with Crippen molar-refractivity contribution in [3.63, 3.8) is 0 Å². The van der Waals surface area contributed by atoms with Crippen LogP contribution in [0.3, 0.4) is 0 Å². The van der Waals surface area contributed by atoms with Crippen LogP contribution in [0.5, 0.6) is 0 Å². The van der Waals surface area contributed by atoms with Crippen LogP contribution in [0.2, 0.25) is 0 Å². The number of carbonyl (C=O) groups is 1. The third kappa shape index (κ3) is 3.91. The molecule has 4 aliphatic rings. The van der Waals surface area contributed by atoms with E-state index in [0.717, 1.165) is 39.2 Å². The zero-order valence-corrected chi connectivity index (χ0v) is 15.7. The summed E-state index contributed by atoms with van der Waals surface area (Å²) in [4.78, 5) is 12.8. The first-order valence-electron chi connectivity index (χ1n) is 10.3. The van der Waals surface area contributed by atoms with Crippen molar-refractivity contribution in [2.24, 2.45) is 23.7 Å². The summed E-state index contributed by atoms with van der Waals surface area (Å²) < 4.78 is 20.1. The van der Waals surface area contributed by atoms with Crippen molar-refractivity contribution >= 4 is 5.91 Å². The first-order chi connectivity index (χ1) is 12.6. The highest BCUT2D eigenvalue weighted by Gasteiger charge is 2.46. The van der Waals surface area contributed by atoms with Gasteiger partial charge in [-0.1, -0.05) is 6.92 Å². The predicted molar refractivity (Wildman–Crippen MR) is 97.3 cm³/mol. The third-order valence-corrected chi connectivity index (χ3v) is 6.97. The second-order valence-electron chi connectivity index (χ2n) is 8.80. The maximum absolute atomic E-state index is 14.3. The normalized spacial score (nSPS) is 44.5. The van der Waals surface area contributed by atoms with Crippen LogP contribution in [0.15, 0.2) is 0 Å². The Kier molecular flexibility index (Phi) is 5.78. The Morgan fingerprint density at radius 2 is 1.92 bits per heavy atom. The number of alkyl halides is 1.